The summed E-state index contributed by atoms with van der Waals surface area (Å²) in [5.74, 6) is 0. The van der Waals surface area contributed by atoms with Crippen LogP contribution in [0, 0.1) is 13.8 Å². The minimum Gasteiger partial charge on any atom is -0.0651 e. The van der Waals surface area contributed by atoms with Crippen LogP contribution in [0.15, 0.2) is 60.2 Å². The minimum atomic E-state index is 1.16. The average molecular weight is 302 g/mol. The Labute approximate surface area is 140 Å². The minimum absolute atomic E-state index is 1.16. The molecule has 0 fully saturated rings. The van der Waals surface area contributed by atoms with Crippen LogP contribution >= 0.6 is 0 Å². The molecule has 0 saturated carbocycles. The second kappa shape index (κ2) is 7.00. The fraction of sp³-hybridized carbons (Fsp3) is 0.304. The quantitative estimate of drug-likeness (QED) is 0.587. The lowest BCUT2D eigenvalue weighted by Crippen LogP contribution is -2.01. The summed E-state index contributed by atoms with van der Waals surface area (Å²) in [6.07, 6.45) is 7.23. The molecule has 0 amide bonds. The van der Waals surface area contributed by atoms with E-state index in [1.165, 1.54) is 52.7 Å². The van der Waals surface area contributed by atoms with Gasteiger partial charge in [-0.1, -0.05) is 79.1 Å². The van der Waals surface area contributed by atoms with E-state index < -0.39 is 0 Å². The lowest BCUT2D eigenvalue weighted by Gasteiger charge is -2.22. The van der Waals surface area contributed by atoms with Gasteiger partial charge in [0, 0.05) is 0 Å². The van der Waals surface area contributed by atoms with E-state index in [1.807, 2.05) is 0 Å². The summed E-state index contributed by atoms with van der Waals surface area (Å²) in [5, 5.41) is 0. The topological polar surface area (TPSA) is 0 Å². The molecule has 0 N–H and O–H groups in total. The standard InChI is InChI=1S/C23H26/c1-4-7-20-14-15-21(19-12-10-17(2)11-13-19)16-23(20)22-9-6-5-8-18(22)3/h5-6,8-13,16H,4,7,14-15H2,1-3H3. The summed E-state index contributed by atoms with van der Waals surface area (Å²) in [6.45, 7) is 6.65. The zero-order valence-corrected chi connectivity index (χ0v) is 14.5. The molecule has 0 aliphatic heterocycles. The van der Waals surface area contributed by atoms with Crippen LogP contribution in [-0.4, -0.2) is 0 Å². The first-order valence-electron chi connectivity index (χ1n) is 8.74. The van der Waals surface area contributed by atoms with E-state index in [1.54, 1.807) is 5.57 Å². The van der Waals surface area contributed by atoms with E-state index in [-0.39, 0.29) is 0 Å². The predicted octanol–water partition coefficient (Wildman–Crippen LogP) is 6.73. The third-order valence-corrected chi connectivity index (χ3v) is 4.80. The van der Waals surface area contributed by atoms with Gasteiger partial charge in [-0.3, -0.25) is 0 Å². The molecule has 0 saturated heterocycles. The van der Waals surface area contributed by atoms with E-state index in [2.05, 4.69) is 75.4 Å². The normalized spacial score (nSPS) is 14.8. The molecule has 0 radical (unpaired) electrons. The van der Waals surface area contributed by atoms with Crippen molar-refractivity contribution in [1.82, 2.24) is 0 Å². The summed E-state index contributed by atoms with van der Waals surface area (Å²) in [7, 11) is 0. The monoisotopic (exact) mass is 302 g/mol. The molecule has 0 spiro atoms. The molecule has 1 aliphatic rings. The Morgan fingerprint density at radius 2 is 1.61 bits per heavy atom. The van der Waals surface area contributed by atoms with Crippen molar-refractivity contribution in [3.05, 3.63) is 82.4 Å². The Kier molecular flexibility index (Phi) is 4.81. The number of hydrogen-bond acceptors (Lipinski definition) is 0. The maximum Gasteiger partial charge on any atom is -0.0155 e. The molecule has 0 heteroatoms. The second-order valence-electron chi connectivity index (χ2n) is 6.62. The summed E-state index contributed by atoms with van der Waals surface area (Å²) < 4.78 is 0. The lowest BCUT2D eigenvalue weighted by atomic mass is 9.83. The van der Waals surface area contributed by atoms with Gasteiger partial charge < -0.3 is 0 Å². The molecule has 23 heavy (non-hydrogen) atoms. The van der Waals surface area contributed by atoms with Gasteiger partial charge in [0.25, 0.3) is 0 Å². The van der Waals surface area contributed by atoms with Crippen molar-refractivity contribution < 1.29 is 0 Å². The maximum absolute atomic E-state index is 2.45. The Hall–Kier alpha value is -2.08. The Morgan fingerprint density at radius 3 is 2.30 bits per heavy atom. The van der Waals surface area contributed by atoms with Gasteiger partial charge in [0.05, 0.1) is 0 Å². The molecule has 3 rings (SSSR count). The van der Waals surface area contributed by atoms with Crippen molar-refractivity contribution in [2.24, 2.45) is 0 Å². The van der Waals surface area contributed by atoms with E-state index in [4.69, 9.17) is 0 Å². The zero-order valence-electron chi connectivity index (χ0n) is 14.5. The average Bonchev–Trinajstić information content (AvgIpc) is 2.57. The second-order valence-corrected chi connectivity index (χ2v) is 6.62. The zero-order chi connectivity index (χ0) is 16.2. The van der Waals surface area contributed by atoms with Crippen LogP contribution in [0.25, 0.3) is 11.1 Å². The molecule has 0 aromatic heterocycles. The molecule has 1 aliphatic carbocycles. The highest BCUT2D eigenvalue weighted by atomic mass is 14.2. The van der Waals surface area contributed by atoms with Crippen LogP contribution in [0.2, 0.25) is 0 Å². The van der Waals surface area contributed by atoms with Gasteiger partial charge in [-0.15, -0.1) is 0 Å². The van der Waals surface area contributed by atoms with Gasteiger partial charge in [0.15, 0.2) is 0 Å². The van der Waals surface area contributed by atoms with Crippen LogP contribution in [0.3, 0.4) is 0 Å². The lowest BCUT2D eigenvalue weighted by molar-refractivity contribution is 0.831. The van der Waals surface area contributed by atoms with Crippen LogP contribution in [0.5, 0.6) is 0 Å². The van der Waals surface area contributed by atoms with Crippen LogP contribution in [0.1, 0.15) is 54.9 Å². The molecule has 0 nitrogen and oxygen atoms in total. The van der Waals surface area contributed by atoms with Gasteiger partial charge in [-0.2, -0.15) is 0 Å². The highest BCUT2D eigenvalue weighted by Crippen LogP contribution is 2.38. The summed E-state index contributed by atoms with van der Waals surface area (Å²) in [5.41, 5.74) is 10.0. The SMILES string of the molecule is CCCC1=C(c2ccccc2C)C=C(c2ccc(C)cc2)CC1. The van der Waals surface area contributed by atoms with E-state index in [9.17, 15) is 0 Å². The molecule has 0 atom stereocenters. The molecule has 118 valence electrons. The van der Waals surface area contributed by atoms with Crippen molar-refractivity contribution in [3.8, 4) is 0 Å². The molecule has 0 unspecified atom stereocenters. The van der Waals surface area contributed by atoms with Crippen LogP contribution in [-0.2, 0) is 0 Å². The van der Waals surface area contributed by atoms with E-state index in [0.717, 1.165) is 6.42 Å². The first kappa shape index (κ1) is 15.8. The summed E-state index contributed by atoms with van der Waals surface area (Å²) in [6, 6.07) is 17.8. The van der Waals surface area contributed by atoms with Crippen molar-refractivity contribution in [3.63, 3.8) is 0 Å². The number of benzene rings is 2. The molecular formula is C23H26. The van der Waals surface area contributed by atoms with Crippen molar-refractivity contribution >= 4 is 11.1 Å². The highest BCUT2D eigenvalue weighted by molar-refractivity contribution is 5.88. The van der Waals surface area contributed by atoms with Crippen LogP contribution in [0.4, 0.5) is 0 Å². The van der Waals surface area contributed by atoms with Gasteiger partial charge in [-0.25, -0.2) is 0 Å². The van der Waals surface area contributed by atoms with E-state index in [0.29, 0.717) is 0 Å². The summed E-state index contributed by atoms with van der Waals surface area (Å²) in [4.78, 5) is 0. The highest BCUT2D eigenvalue weighted by Gasteiger charge is 2.16. The number of hydrogen-bond donors (Lipinski definition) is 0. The Bertz CT molecular complexity index is 742. The number of rotatable bonds is 4. The van der Waals surface area contributed by atoms with Gasteiger partial charge in [0.2, 0.25) is 0 Å². The first-order chi connectivity index (χ1) is 11.2. The molecule has 2 aromatic rings. The Balaban J connectivity index is 2.07. The molecule has 0 heterocycles. The first-order valence-corrected chi connectivity index (χ1v) is 8.74. The smallest absolute Gasteiger partial charge is 0.0155 e. The molecule has 0 bridgehead atoms. The predicted molar refractivity (Wildman–Crippen MR) is 101 cm³/mol. The largest absolute Gasteiger partial charge is 0.0651 e. The van der Waals surface area contributed by atoms with Gasteiger partial charge >= 0.3 is 0 Å². The molecular weight excluding hydrogens is 276 g/mol. The molecule has 2 aromatic carbocycles. The third kappa shape index (κ3) is 3.47. The van der Waals surface area contributed by atoms with E-state index >= 15 is 0 Å². The van der Waals surface area contributed by atoms with Crippen molar-refractivity contribution in [2.75, 3.05) is 0 Å². The third-order valence-electron chi connectivity index (χ3n) is 4.80. The number of allylic oxidation sites excluding steroid dienone is 4. The fourth-order valence-electron chi connectivity index (χ4n) is 3.47. The van der Waals surface area contributed by atoms with Gasteiger partial charge in [-0.05, 0) is 60.9 Å². The summed E-state index contributed by atoms with van der Waals surface area (Å²) >= 11 is 0. The van der Waals surface area contributed by atoms with Crippen LogP contribution < -0.4 is 0 Å². The fourth-order valence-corrected chi connectivity index (χ4v) is 3.47. The maximum atomic E-state index is 2.45. The van der Waals surface area contributed by atoms with Gasteiger partial charge in [0.1, 0.15) is 0 Å². The van der Waals surface area contributed by atoms with Crippen molar-refractivity contribution in [2.45, 2.75) is 46.5 Å². The Morgan fingerprint density at radius 1 is 0.870 bits per heavy atom. The number of aryl methyl sites for hydroxylation is 2. The van der Waals surface area contributed by atoms with Crippen molar-refractivity contribution in [1.29, 1.82) is 0 Å².